The van der Waals surface area contributed by atoms with Crippen molar-refractivity contribution < 1.29 is 0 Å². The van der Waals surface area contributed by atoms with Gasteiger partial charge in [0.25, 0.3) is 0 Å². The number of nitrogens with zero attached hydrogens (tertiary/aromatic N) is 5. The Morgan fingerprint density at radius 2 is 0.696 bits per heavy atom. The number of hydrogen-bond acceptors (Lipinski definition) is 5. The number of fused-ring (bicyclic) bond motifs is 2. The van der Waals surface area contributed by atoms with Crippen molar-refractivity contribution in [2.45, 2.75) is 0 Å². The van der Waals surface area contributed by atoms with Crippen LogP contribution in [-0.4, -0.2) is 24.9 Å². The van der Waals surface area contributed by atoms with E-state index in [1.807, 2.05) is 60.7 Å². The van der Waals surface area contributed by atoms with E-state index in [1.54, 1.807) is 0 Å². The van der Waals surface area contributed by atoms with E-state index in [1.165, 1.54) is 10.8 Å². The normalized spacial score (nSPS) is 11.2. The van der Waals surface area contributed by atoms with Crippen molar-refractivity contribution in [1.29, 1.82) is 0 Å². The summed E-state index contributed by atoms with van der Waals surface area (Å²) in [7, 11) is 0. The minimum Gasteiger partial charge on any atom is -0.228 e. The van der Waals surface area contributed by atoms with Crippen LogP contribution < -0.4 is 0 Å². The third-order valence-corrected chi connectivity index (χ3v) is 10.1. The Kier molecular flexibility index (Phi) is 8.43. The van der Waals surface area contributed by atoms with Gasteiger partial charge in [0.15, 0.2) is 23.3 Å². The number of aromatic nitrogens is 5. The van der Waals surface area contributed by atoms with E-state index in [0.29, 0.717) is 23.3 Å². The van der Waals surface area contributed by atoms with Gasteiger partial charge in [-0.25, -0.2) is 24.9 Å². The van der Waals surface area contributed by atoms with Gasteiger partial charge in [0.1, 0.15) is 0 Å². The quantitative estimate of drug-likeness (QED) is 0.164. The minimum atomic E-state index is 0.617. The highest BCUT2D eigenvalue weighted by Crippen LogP contribution is 2.35. The molecule has 0 bridgehead atoms. The number of hydrogen-bond donors (Lipinski definition) is 0. The van der Waals surface area contributed by atoms with Gasteiger partial charge in [0, 0.05) is 33.4 Å². The Hall–Kier alpha value is -7.63. The van der Waals surface area contributed by atoms with E-state index < -0.39 is 0 Å². The molecule has 10 aromatic rings. The molecular weight excluding hydrogens is 683 g/mol. The summed E-state index contributed by atoms with van der Waals surface area (Å²) in [6, 6.07) is 68.9. The molecule has 8 aromatic carbocycles. The van der Waals surface area contributed by atoms with Crippen molar-refractivity contribution >= 4 is 21.5 Å². The van der Waals surface area contributed by atoms with Crippen LogP contribution in [0.3, 0.4) is 0 Å². The molecule has 0 saturated heterocycles. The molecule has 0 aliphatic rings. The molecule has 0 N–H and O–H groups in total. The molecule has 0 amide bonds. The van der Waals surface area contributed by atoms with Gasteiger partial charge < -0.3 is 0 Å². The first kappa shape index (κ1) is 33.0. The molecule has 0 spiro atoms. The largest absolute Gasteiger partial charge is 0.228 e. The molecule has 2 aromatic heterocycles. The average Bonchev–Trinajstić information content (AvgIpc) is 3.29. The maximum Gasteiger partial charge on any atom is 0.164 e. The van der Waals surface area contributed by atoms with Gasteiger partial charge in [-0.05, 0) is 56.9 Å². The number of rotatable bonds is 7. The van der Waals surface area contributed by atoms with Gasteiger partial charge >= 0.3 is 0 Å². The summed E-state index contributed by atoms with van der Waals surface area (Å²) in [6.07, 6.45) is 0. The predicted molar refractivity (Wildman–Crippen MR) is 228 cm³/mol. The molecule has 5 heteroatoms. The minimum absolute atomic E-state index is 0.617. The van der Waals surface area contributed by atoms with Crippen molar-refractivity contribution in [1.82, 2.24) is 24.9 Å². The van der Waals surface area contributed by atoms with E-state index in [2.05, 4.69) is 140 Å². The Balaban J connectivity index is 1.08. The van der Waals surface area contributed by atoms with Crippen LogP contribution in [0.4, 0.5) is 0 Å². The van der Waals surface area contributed by atoms with E-state index in [4.69, 9.17) is 24.9 Å². The van der Waals surface area contributed by atoms with Crippen molar-refractivity contribution in [3.8, 4) is 79.2 Å². The first-order valence-corrected chi connectivity index (χ1v) is 18.7. The fourth-order valence-corrected chi connectivity index (χ4v) is 7.27. The van der Waals surface area contributed by atoms with Crippen LogP contribution in [0.25, 0.3) is 101 Å². The Labute approximate surface area is 324 Å². The smallest absolute Gasteiger partial charge is 0.164 e. The third kappa shape index (κ3) is 6.48. The zero-order valence-corrected chi connectivity index (χ0v) is 30.3. The molecule has 0 unspecified atom stereocenters. The highest BCUT2D eigenvalue weighted by atomic mass is 15.0. The van der Waals surface area contributed by atoms with Gasteiger partial charge in [-0.2, -0.15) is 0 Å². The van der Waals surface area contributed by atoms with Gasteiger partial charge in [-0.15, -0.1) is 0 Å². The number of benzene rings is 8. The Bertz CT molecular complexity index is 2970. The molecule has 0 radical (unpaired) electrons. The van der Waals surface area contributed by atoms with E-state index >= 15 is 0 Å². The maximum absolute atomic E-state index is 5.23. The monoisotopic (exact) mass is 715 g/mol. The lowest BCUT2D eigenvalue weighted by atomic mass is 9.98. The zero-order chi connectivity index (χ0) is 37.3. The first-order valence-electron chi connectivity index (χ1n) is 18.7. The van der Waals surface area contributed by atoms with Gasteiger partial charge in [0.05, 0.1) is 11.4 Å². The fraction of sp³-hybridized carbons (Fsp3) is 0. The van der Waals surface area contributed by atoms with Crippen LogP contribution in [0.2, 0.25) is 0 Å². The predicted octanol–water partition coefficient (Wildman–Crippen LogP) is 12.6. The highest BCUT2D eigenvalue weighted by Gasteiger charge is 2.16. The van der Waals surface area contributed by atoms with Crippen LogP contribution >= 0.6 is 0 Å². The van der Waals surface area contributed by atoms with Crippen molar-refractivity contribution in [3.05, 3.63) is 200 Å². The van der Waals surface area contributed by atoms with Gasteiger partial charge in [-0.3, -0.25) is 0 Å². The molecule has 5 nitrogen and oxygen atoms in total. The highest BCUT2D eigenvalue weighted by molar-refractivity contribution is 5.96. The molecule has 262 valence electrons. The summed E-state index contributed by atoms with van der Waals surface area (Å²) >= 11 is 0. The molecular formula is C51H33N5. The van der Waals surface area contributed by atoms with Crippen molar-refractivity contribution in [2.24, 2.45) is 0 Å². The van der Waals surface area contributed by atoms with Crippen molar-refractivity contribution in [3.63, 3.8) is 0 Å². The summed E-state index contributed by atoms with van der Waals surface area (Å²) < 4.78 is 0. The SMILES string of the molecule is c1ccc(-c2nc(-c3ccccc3)nc(-c3cccc(-c4cccc(-c5cc(-c6cccc7ccccc67)nc(-c6ccc7ccccc7c6)n5)c4)c3)n2)cc1. The summed E-state index contributed by atoms with van der Waals surface area (Å²) in [6.45, 7) is 0. The maximum atomic E-state index is 5.23. The zero-order valence-electron chi connectivity index (χ0n) is 30.3. The first-order chi connectivity index (χ1) is 27.7. The second kappa shape index (κ2) is 14.3. The van der Waals surface area contributed by atoms with Crippen LogP contribution in [0.5, 0.6) is 0 Å². The van der Waals surface area contributed by atoms with Crippen LogP contribution in [0, 0.1) is 0 Å². The van der Waals surface area contributed by atoms with Crippen LogP contribution in [0.1, 0.15) is 0 Å². The molecule has 10 rings (SSSR count). The van der Waals surface area contributed by atoms with Crippen molar-refractivity contribution in [2.75, 3.05) is 0 Å². The second-order valence-corrected chi connectivity index (χ2v) is 13.8. The molecule has 2 heterocycles. The standard InChI is InChI=1S/C51H33N5/c1-3-16-36(17-4-1)48-54-49(37-18-5-2-6-19-37)56-51(55-48)42-25-12-23-40(32-42)39-22-11-24-41(30-39)46-33-47(45-27-13-21-35-15-9-10-26-44(35)45)53-50(52-46)43-29-28-34-14-7-8-20-38(34)31-43/h1-33H. The fourth-order valence-electron chi connectivity index (χ4n) is 7.27. The molecule has 0 atom stereocenters. The van der Waals surface area contributed by atoms with E-state index in [-0.39, 0.29) is 0 Å². The van der Waals surface area contributed by atoms with E-state index in [9.17, 15) is 0 Å². The Morgan fingerprint density at radius 1 is 0.232 bits per heavy atom. The van der Waals surface area contributed by atoms with Crippen LogP contribution in [-0.2, 0) is 0 Å². The lowest BCUT2D eigenvalue weighted by Gasteiger charge is -2.13. The molecule has 56 heavy (non-hydrogen) atoms. The summed E-state index contributed by atoms with van der Waals surface area (Å²) in [5.74, 6) is 2.57. The molecule has 0 aliphatic heterocycles. The topological polar surface area (TPSA) is 64.5 Å². The second-order valence-electron chi connectivity index (χ2n) is 13.8. The Morgan fingerprint density at radius 3 is 1.41 bits per heavy atom. The van der Waals surface area contributed by atoms with E-state index in [0.717, 1.165) is 66.7 Å². The summed E-state index contributed by atoms with van der Waals surface area (Å²) in [5.41, 5.74) is 9.65. The molecule has 0 saturated carbocycles. The van der Waals surface area contributed by atoms with Gasteiger partial charge in [-0.1, -0.05) is 176 Å². The lowest BCUT2D eigenvalue weighted by Crippen LogP contribution is -2.00. The summed E-state index contributed by atoms with van der Waals surface area (Å²) in [4.78, 5) is 25.3. The third-order valence-electron chi connectivity index (χ3n) is 10.1. The molecule has 0 aliphatic carbocycles. The molecule has 0 fully saturated rings. The van der Waals surface area contributed by atoms with Gasteiger partial charge in [0.2, 0.25) is 0 Å². The average molecular weight is 716 g/mol. The van der Waals surface area contributed by atoms with Crippen LogP contribution in [0.15, 0.2) is 200 Å². The lowest BCUT2D eigenvalue weighted by molar-refractivity contribution is 1.07. The summed E-state index contributed by atoms with van der Waals surface area (Å²) in [5, 5.41) is 4.65.